The topological polar surface area (TPSA) is 42.2 Å². The minimum absolute atomic E-state index is 0.686. The molecule has 1 fully saturated rings. The zero-order valence-electron chi connectivity index (χ0n) is 12.2. The summed E-state index contributed by atoms with van der Waals surface area (Å²) in [4.78, 5) is 6.90. The third-order valence-corrected chi connectivity index (χ3v) is 4.01. The molecule has 1 aromatic carbocycles. The maximum absolute atomic E-state index is 5.38. The molecule has 1 aromatic heterocycles. The van der Waals surface area contributed by atoms with Gasteiger partial charge >= 0.3 is 0 Å². The fraction of sp³-hybridized carbons (Fsp3) is 0.500. The van der Waals surface area contributed by atoms with E-state index in [0.717, 1.165) is 37.0 Å². The Bertz CT molecular complexity index is 553. The minimum atomic E-state index is 0.686. The number of aromatic nitrogens is 2. The number of nitrogens with zero attached hydrogens (tertiary/aromatic N) is 3. The van der Waals surface area contributed by atoms with Crippen LogP contribution in [0.2, 0.25) is 0 Å². The second-order valence-electron chi connectivity index (χ2n) is 5.84. The molecule has 0 aliphatic carbocycles. The fourth-order valence-electron chi connectivity index (χ4n) is 2.55. The van der Waals surface area contributed by atoms with Crippen LogP contribution in [0.25, 0.3) is 11.4 Å². The first-order valence-corrected chi connectivity index (χ1v) is 7.32. The molecule has 2 heterocycles. The molecule has 0 bridgehead atoms. The Morgan fingerprint density at radius 1 is 1.20 bits per heavy atom. The molecule has 0 radical (unpaired) electrons. The van der Waals surface area contributed by atoms with E-state index in [1.54, 1.807) is 0 Å². The second-order valence-corrected chi connectivity index (χ2v) is 5.84. The van der Waals surface area contributed by atoms with E-state index in [2.05, 4.69) is 41.0 Å². The molecule has 4 nitrogen and oxygen atoms in total. The Kier molecular flexibility index (Phi) is 3.83. The smallest absolute Gasteiger partial charge is 0.241 e. The van der Waals surface area contributed by atoms with Crippen LogP contribution in [-0.2, 0) is 6.54 Å². The molecule has 2 aromatic rings. The molecule has 0 atom stereocenters. The van der Waals surface area contributed by atoms with Gasteiger partial charge in [0.05, 0.1) is 6.54 Å². The highest BCUT2D eigenvalue weighted by Crippen LogP contribution is 2.20. The van der Waals surface area contributed by atoms with Crippen LogP contribution in [0.5, 0.6) is 0 Å². The van der Waals surface area contributed by atoms with Crippen molar-refractivity contribution in [1.29, 1.82) is 0 Å². The van der Waals surface area contributed by atoms with Crippen molar-refractivity contribution in [2.75, 3.05) is 13.1 Å². The van der Waals surface area contributed by atoms with Crippen molar-refractivity contribution in [3.05, 3.63) is 35.7 Å². The lowest BCUT2D eigenvalue weighted by Gasteiger charge is -2.28. The van der Waals surface area contributed by atoms with Gasteiger partial charge in [-0.15, -0.1) is 0 Å². The Labute approximate surface area is 119 Å². The molecule has 3 rings (SSSR count). The molecule has 0 N–H and O–H groups in total. The van der Waals surface area contributed by atoms with E-state index in [1.807, 2.05) is 12.1 Å². The van der Waals surface area contributed by atoms with Crippen molar-refractivity contribution in [3.8, 4) is 11.4 Å². The summed E-state index contributed by atoms with van der Waals surface area (Å²) in [5.41, 5.74) is 2.25. The number of piperidine rings is 1. The molecular weight excluding hydrogens is 250 g/mol. The number of aryl methyl sites for hydroxylation is 1. The van der Waals surface area contributed by atoms with Gasteiger partial charge in [0.15, 0.2) is 0 Å². The van der Waals surface area contributed by atoms with Crippen LogP contribution in [-0.4, -0.2) is 28.1 Å². The molecule has 0 amide bonds. The van der Waals surface area contributed by atoms with Gasteiger partial charge < -0.3 is 4.52 Å². The summed E-state index contributed by atoms with van der Waals surface area (Å²) < 4.78 is 5.38. The van der Waals surface area contributed by atoms with E-state index >= 15 is 0 Å². The quantitative estimate of drug-likeness (QED) is 0.859. The summed E-state index contributed by atoms with van der Waals surface area (Å²) in [5.74, 6) is 2.25. The van der Waals surface area contributed by atoms with Crippen molar-refractivity contribution in [3.63, 3.8) is 0 Å². The van der Waals surface area contributed by atoms with Crippen molar-refractivity contribution in [2.24, 2.45) is 5.92 Å². The summed E-state index contributed by atoms with van der Waals surface area (Å²) in [6.07, 6.45) is 2.53. The van der Waals surface area contributed by atoms with Crippen molar-refractivity contribution in [1.82, 2.24) is 15.0 Å². The predicted octanol–water partition coefficient (Wildman–Crippen LogP) is 3.28. The number of benzene rings is 1. The van der Waals surface area contributed by atoms with E-state index in [0.29, 0.717) is 5.82 Å². The number of hydrogen-bond acceptors (Lipinski definition) is 4. The van der Waals surface area contributed by atoms with Crippen LogP contribution in [0.1, 0.15) is 31.2 Å². The SMILES string of the molecule is Cc1ccc(-c2noc(CN3CCC(C)CC3)n2)cc1. The van der Waals surface area contributed by atoms with E-state index in [-0.39, 0.29) is 0 Å². The molecular formula is C16H21N3O. The first-order chi connectivity index (χ1) is 9.70. The lowest BCUT2D eigenvalue weighted by molar-refractivity contribution is 0.165. The van der Waals surface area contributed by atoms with Gasteiger partial charge in [0, 0.05) is 5.56 Å². The number of hydrogen-bond donors (Lipinski definition) is 0. The van der Waals surface area contributed by atoms with Gasteiger partial charge in [0.1, 0.15) is 0 Å². The van der Waals surface area contributed by atoms with Crippen LogP contribution < -0.4 is 0 Å². The largest absolute Gasteiger partial charge is 0.338 e. The Balaban J connectivity index is 1.66. The van der Waals surface area contributed by atoms with Crippen LogP contribution in [0.4, 0.5) is 0 Å². The summed E-state index contributed by atoms with van der Waals surface area (Å²) in [7, 11) is 0. The Morgan fingerprint density at radius 3 is 2.60 bits per heavy atom. The third-order valence-electron chi connectivity index (χ3n) is 4.01. The summed E-state index contributed by atoms with van der Waals surface area (Å²) in [6.45, 7) is 7.42. The first-order valence-electron chi connectivity index (χ1n) is 7.32. The van der Waals surface area contributed by atoms with Crippen molar-refractivity contribution in [2.45, 2.75) is 33.2 Å². The van der Waals surface area contributed by atoms with Gasteiger partial charge in [0.2, 0.25) is 11.7 Å². The average molecular weight is 271 g/mol. The molecule has 0 saturated carbocycles. The van der Waals surface area contributed by atoms with Gasteiger partial charge in [-0.2, -0.15) is 4.98 Å². The summed E-state index contributed by atoms with van der Waals surface area (Å²) >= 11 is 0. The lowest BCUT2D eigenvalue weighted by Crippen LogP contribution is -2.32. The van der Waals surface area contributed by atoms with Crippen LogP contribution >= 0.6 is 0 Å². The van der Waals surface area contributed by atoms with Crippen LogP contribution in [0.3, 0.4) is 0 Å². The average Bonchev–Trinajstić information content (AvgIpc) is 2.91. The zero-order chi connectivity index (χ0) is 13.9. The fourth-order valence-corrected chi connectivity index (χ4v) is 2.55. The third kappa shape index (κ3) is 3.07. The number of rotatable bonds is 3. The monoisotopic (exact) mass is 271 g/mol. The molecule has 4 heteroatoms. The normalized spacial score (nSPS) is 17.5. The predicted molar refractivity (Wildman–Crippen MR) is 78.1 cm³/mol. The van der Waals surface area contributed by atoms with Gasteiger partial charge in [0.25, 0.3) is 0 Å². The molecule has 106 valence electrons. The lowest BCUT2D eigenvalue weighted by atomic mass is 9.99. The minimum Gasteiger partial charge on any atom is -0.338 e. The van der Waals surface area contributed by atoms with Gasteiger partial charge in [-0.05, 0) is 38.8 Å². The van der Waals surface area contributed by atoms with E-state index in [4.69, 9.17) is 4.52 Å². The molecule has 1 aliphatic heterocycles. The van der Waals surface area contributed by atoms with E-state index in [9.17, 15) is 0 Å². The van der Waals surface area contributed by atoms with Gasteiger partial charge in [-0.25, -0.2) is 0 Å². The second kappa shape index (κ2) is 5.75. The van der Waals surface area contributed by atoms with E-state index in [1.165, 1.54) is 18.4 Å². The van der Waals surface area contributed by atoms with E-state index < -0.39 is 0 Å². The summed E-state index contributed by atoms with van der Waals surface area (Å²) in [6, 6.07) is 8.20. The maximum atomic E-state index is 5.38. The number of likely N-dealkylation sites (tertiary alicyclic amines) is 1. The first kappa shape index (κ1) is 13.3. The highest BCUT2D eigenvalue weighted by Gasteiger charge is 2.18. The van der Waals surface area contributed by atoms with Gasteiger partial charge in [-0.3, -0.25) is 4.90 Å². The highest BCUT2D eigenvalue weighted by molar-refractivity contribution is 5.54. The zero-order valence-corrected chi connectivity index (χ0v) is 12.2. The molecule has 1 aliphatic rings. The van der Waals surface area contributed by atoms with Crippen LogP contribution in [0.15, 0.2) is 28.8 Å². The van der Waals surface area contributed by atoms with Crippen molar-refractivity contribution >= 4 is 0 Å². The van der Waals surface area contributed by atoms with Crippen molar-refractivity contribution < 1.29 is 4.52 Å². The van der Waals surface area contributed by atoms with Gasteiger partial charge in [-0.1, -0.05) is 41.9 Å². The summed E-state index contributed by atoms with van der Waals surface area (Å²) in [5, 5.41) is 4.08. The highest BCUT2D eigenvalue weighted by atomic mass is 16.5. The van der Waals surface area contributed by atoms with Crippen LogP contribution in [0, 0.1) is 12.8 Å². The standard InChI is InChI=1S/C16H21N3O/c1-12-3-5-14(6-4-12)16-17-15(20-18-16)11-19-9-7-13(2)8-10-19/h3-6,13H,7-11H2,1-2H3. The Hall–Kier alpha value is -1.68. The molecule has 20 heavy (non-hydrogen) atoms. The molecule has 0 unspecified atom stereocenters. The molecule has 1 saturated heterocycles. The molecule has 0 spiro atoms. The Morgan fingerprint density at radius 2 is 1.90 bits per heavy atom. The maximum Gasteiger partial charge on any atom is 0.241 e.